The molecule has 0 saturated carbocycles. The second-order valence-electron chi connectivity index (χ2n) is 10.8. The Morgan fingerprint density at radius 2 is 1.60 bits per heavy atom. The summed E-state index contributed by atoms with van der Waals surface area (Å²) < 4.78 is 22.9. The van der Waals surface area contributed by atoms with Crippen molar-refractivity contribution in [1.29, 1.82) is 0 Å². The fourth-order valence-electron chi connectivity index (χ4n) is 5.42. The Morgan fingerprint density at radius 1 is 0.812 bits per heavy atom. The molecule has 13 nitrogen and oxygen atoms in total. The second kappa shape index (κ2) is 12.6. The molecule has 0 atom stereocenters. The molecule has 1 fully saturated rings. The van der Waals surface area contributed by atoms with Gasteiger partial charge in [-0.15, -0.1) is 10.2 Å². The summed E-state index contributed by atoms with van der Waals surface area (Å²) in [5.41, 5.74) is 1.95. The molecule has 5 heterocycles. The molecule has 7 aromatic rings. The van der Waals surface area contributed by atoms with Crippen LogP contribution < -0.4 is 24.9 Å². The molecule has 14 heteroatoms. The molecule has 3 aromatic carbocycles. The SMILES string of the molecule is COc1ccc(N2CCN(c3nc(Oc4ccnc5ccccc45)nc(Sc4nnc(-c5cc6ccccc6oc5=O)o4)n3)CC2)cc1. The maximum atomic E-state index is 12.7. The van der Waals surface area contributed by atoms with Crippen LogP contribution in [0.2, 0.25) is 0 Å². The van der Waals surface area contributed by atoms with Gasteiger partial charge in [-0.05, 0) is 54.6 Å². The van der Waals surface area contributed by atoms with E-state index in [4.69, 9.17) is 28.3 Å². The fourth-order valence-corrected chi connectivity index (χ4v) is 6.03. The fraction of sp³-hybridized carbons (Fsp3) is 0.147. The zero-order valence-corrected chi connectivity index (χ0v) is 26.3. The maximum absolute atomic E-state index is 12.7. The lowest BCUT2D eigenvalue weighted by atomic mass is 10.2. The van der Waals surface area contributed by atoms with Crippen LogP contribution in [-0.2, 0) is 0 Å². The maximum Gasteiger partial charge on any atom is 0.349 e. The standard InChI is InChI=1S/C34H26N8O5S/c1-44-23-12-10-22(11-13-23)41-16-18-42(19-17-41)31-36-32(46-28-14-15-35-26-8-4-3-7-24(26)28)38-33(37-31)48-34-40-39-29(47-34)25-20-21-6-2-5-9-27(21)45-30(25)43/h2-15,20H,16-19H2,1H3. The summed E-state index contributed by atoms with van der Waals surface area (Å²) in [4.78, 5) is 35.6. The average molecular weight is 659 g/mol. The van der Waals surface area contributed by atoms with Gasteiger partial charge in [0.05, 0.1) is 12.6 Å². The van der Waals surface area contributed by atoms with Crippen molar-refractivity contribution in [2.45, 2.75) is 10.4 Å². The minimum absolute atomic E-state index is 0.0284. The highest BCUT2D eigenvalue weighted by Crippen LogP contribution is 2.32. The van der Waals surface area contributed by atoms with Gasteiger partial charge in [0, 0.05) is 60.6 Å². The van der Waals surface area contributed by atoms with E-state index in [1.807, 2.05) is 48.5 Å². The van der Waals surface area contributed by atoms with Gasteiger partial charge in [-0.2, -0.15) is 15.0 Å². The van der Waals surface area contributed by atoms with Gasteiger partial charge in [-0.3, -0.25) is 4.98 Å². The van der Waals surface area contributed by atoms with E-state index >= 15 is 0 Å². The van der Waals surface area contributed by atoms with Gasteiger partial charge in [0.15, 0.2) is 0 Å². The Balaban J connectivity index is 1.09. The number of piperazine rings is 1. The Labute approximate surface area is 277 Å². The molecule has 1 saturated heterocycles. The summed E-state index contributed by atoms with van der Waals surface area (Å²) in [5, 5.41) is 10.2. The van der Waals surface area contributed by atoms with E-state index in [1.165, 1.54) is 0 Å². The van der Waals surface area contributed by atoms with Gasteiger partial charge < -0.3 is 28.1 Å². The van der Waals surface area contributed by atoms with Crippen LogP contribution >= 0.6 is 11.8 Å². The number of anilines is 2. The van der Waals surface area contributed by atoms with Gasteiger partial charge in [0.2, 0.25) is 11.1 Å². The molecule has 0 bridgehead atoms. The summed E-state index contributed by atoms with van der Waals surface area (Å²) in [7, 11) is 1.66. The van der Waals surface area contributed by atoms with Gasteiger partial charge in [-0.25, -0.2) is 4.79 Å². The molecule has 0 radical (unpaired) electrons. The number of rotatable bonds is 8. The monoisotopic (exact) mass is 658 g/mol. The number of hydrogen-bond donors (Lipinski definition) is 0. The van der Waals surface area contributed by atoms with E-state index in [1.54, 1.807) is 37.6 Å². The van der Waals surface area contributed by atoms with Gasteiger partial charge in [-0.1, -0.05) is 30.3 Å². The van der Waals surface area contributed by atoms with Crippen LogP contribution in [0.1, 0.15) is 0 Å². The first kappa shape index (κ1) is 29.4. The van der Waals surface area contributed by atoms with Crippen LogP contribution in [0.5, 0.6) is 17.5 Å². The summed E-state index contributed by atoms with van der Waals surface area (Å²) in [6.07, 6.45) is 1.68. The summed E-state index contributed by atoms with van der Waals surface area (Å²) in [6, 6.07) is 26.4. The smallest absolute Gasteiger partial charge is 0.349 e. The van der Waals surface area contributed by atoms with E-state index in [-0.39, 0.29) is 27.8 Å². The molecule has 238 valence electrons. The highest BCUT2D eigenvalue weighted by Gasteiger charge is 2.23. The van der Waals surface area contributed by atoms with Gasteiger partial charge in [0.25, 0.3) is 11.1 Å². The minimum atomic E-state index is -0.578. The predicted octanol–water partition coefficient (Wildman–Crippen LogP) is 5.85. The van der Waals surface area contributed by atoms with E-state index in [0.717, 1.165) is 52.6 Å². The highest BCUT2D eigenvalue weighted by atomic mass is 32.2. The van der Waals surface area contributed by atoms with Crippen LogP contribution in [0.4, 0.5) is 11.6 Å². The zero-order chi connectivity index (χ0) is 32.5. The van der Waals surface area contributed by atoms with Crippen molar-refractivity contribution in [3.63, 3.8) is 0 Å². The molecule has 0 unspecified atom stereocenters. The van der Waals surface area contributed by atoms with Crippen LogP contribution in [0.25, 0.3) is 33.3 Å². The number of hydrogen-bond acceptors (Lipinski definition) is 14. The van der Waals surface area contributed by atoms with Crippen LogP contribution in [-0.4, -0.2) is 63.4 Å². The molecule has 0 N–H and O–H groups in total. The molecule has 8 rings (SSSR count). The van der Waals surface area contributed by atoms with Crippen molar-refractivity contribution in [2.24, 2.45) is 0 Å². The Hall–Kier alpha value is -6.02. The lowest BCUT2D eigenvalue weighted by Crippen LogP contribution is -2.47. The van der Waals surface area contributed by atoms with Crippen molar-refractivity contribution in [3.05, 3.63) is 102 Å². The van der Waals surface area contributed by atoms with Crippen LogP contribution in [0.3, 0.4) is 0 Å². The Kier molecular flexibility index (Phi) is 7.74. The minimum Gasteiger partial charge on any atom is -0.497 e. The largest absolute Gasteiger partial charge is 0.497 e. The lowest BCUT2D eigenvalue weighted by Gasteiger charge is -2.36. The number of aromatic nitrogens is 6. The van der Waals surface area contributed by atoms with Crippen molar-refractivity contribution in [2.75, 3.05) is 43.1 Å². The third-order valence-electron chi connectivity index (χ3n) is 7.85. The number of methoxy groups -OCH3 is 1. The number of ether oxygens (including phenoxy) is 2. The van der Waals surface area contributed by atoms with Gasteiger partial charge in [0.1, 0.15) is 22.6 Å². The lowest BCUT2D eigenvalue weighted by molar-refractivity contribution is 0.415. The van der Waals surface area contributed by atoms with Crippen LogP contribution in [0, 0.1) is 0 Å². The molecular weight excluding hydrogens is 632 g/mol. The highest BCUT2D eigenvalue weighted by molar-refractivity contribution is 7.98. The first-order chi connectivity index (χ1) is 23.6. The third-order valence-corrected chi connectivity index (χ3v) is 8.55. The van der Waals surface area contributed by atoms with E-state index in [9.17, 15) is 4.79 Å². The Bertz CT molecular complexity index is 2300. The zero-order valence-electron chi connectivity index (χ0n) is 25.5. The number of benzene rings is 3. The van der Waals surface area contributed by atoms with E-state index in [0.29, 0.717) is 30.4 Å². The topological polar surface area (TPSA) is 146 Å². The number of para-hydroxylation sites is 2. The molecular formula is C34H26N8O5S. The molecule has 0 amide bonds. The predicted molar refractivity (Wildman–Crippen MR) is 179 cm³/mol. The number of nitrogens with zero attached hydrogens (tertiary/aromatic N) is 8. The van der Waals surface area contributed by atoms with Crippen LogP contribution in [0.15, 0.2) is 115 Å². The Morgan fingerprint density at radius 3 is 2.46 bits per heavy atom. The molecule has 48 heavy (non-hydrogen) atoms. The average Bonchev–Trinajstić information content (AvgIpc) is 3.59. The van der Waals surface area contributed by atoms with E-state index < -0.39 is 5.63 Å². The third kappa shape index (κ3) is 5.96. The van der Waals surface area contributed by atoms with Crippen molar-refractivity contribution in [1.82, 2.24) is 30.1 Å². The van der Waals surface area contributed by atoms with Gasteiger partial charge >= 0.3 is 11.6 Å². The molecule has 0 spiro atoms. The number of fused-ring (bicyclic) bond motifs is 2. The molecule has 4 aromatic heterocycles. The summed E-state index contributed by atoms with van der Waals surface area (Å²) in [5.74, 6) is 1.85. The summed E-state index contributed by atoms with van der Waals surface area (Å²) >= 11 is 1.04. The number of pyridine rings is 1. The van der Waals surface area contributed by atoms with Crippen molar-refractivity contribution < 1.29 is 18.3 Å². The van der Waals surface area contributed by atoms with Crippen molar-refractivity contribution >= 4 is 45.3 Å². The van der Waals surface area contributed by atoms with E-state index in [2.05, 4.69) is 42.1 Å². The molecule has 0 aliphatic carbocycles. The summed E-state index contributed by atoms with van der Waals surface area (Å²) in [6.45, 7) is 2.85. The first-order valence-corrected chi connectivity index (χ1v) is 15.9. The van der Waals surface area contributed by atoms with Crippen molar-refractivity contribution in [3.8, 4) is 29.0 Å². The normalized spacial score (nSPS) is 13.3. The molecule has 1 aliphatic rings. The molecule has 1 aliphatic heterocycles. The second-order valence-corrected chi connectivity index (χ2v) is 11.7. The quantitative estimate of drug-likeness (QED) is 0.180. The first-order valence-electron chi connectivity index (χ1n) is 15.1.